The summed E-state index contributed by atoms with van der Waals surface area (Å²) in [5.41, 5.74) is 31.3. The molecule has 3 aliphatic carbocycles. The fraction of sp³-hybridized carbons (Fsp3) is 0.239. The Hall–Kier alpha value is -7.02. The summed E-state index contributed by atoms with van der Waals surface area (Å²) >= 11 is 0. The molecule has 0 saturated carbocycles. The van der Waals surface area contributed by atoms with Crippen LogP contribution >= 0.6 is 0 Å². The molecule has 12 rings (SSSR count). The highest BCUT2D eigenvalue weighted by Crippen LogP contribution is 2.54. The van der Waals surface area contributed by atoms with Crippen LogP contribution in [-0.2, 0) is 27.1 Å². The lowest BCUT2D eigenvalue weighted by atomic mass is 9.78. The minimum Gasteiger partial charge on any atom is -0.0622 e. The largest absolute Gasteiger partial charge is 0.0622 e. The van der Waals surface area contributed by atoms with Gasteiger partial charge in [0.05, 0.1) is 0 Å². The maximum Gasteiger partial charge on any atom is 0.0159 e. The van der Waals surface area contributed by atoms with Crippen LogP contribution in [0.5, 0.6) is 0 Å². The van der Waals surface area contributed by atoms with E-state index in [2.05, 4.69) is 265 Å². The second-order valence-electron chi connectivity index (χ2n) is 24.7. The van der Waals surface area contributed by atoms with Gasteiger partial charge >= 0.3 is 0 Å². The van der Waals surface area contributed by atoms with Crippen LogP contribution in [0.25, 0.3) is 89.0 Å². The van der Waals surface area contributed by atoms with Gasteiger partial charge in [-0.25, -0.2) is 0 Å². The van der Waals surface area contributed by atoms with Crippen molar-refractivity contribution in [3.63, 3.8) is 0 Å². The molecular weight excluding hydrogens is 853 g/mol. The third-order valence-electron chi connectivity index (χ3n) is 17.0. The zero-order chi connectivity index (χ0) is 49.6. The van der Waals surface area contributed by atoms with Gasteiger partial charge in [-0.15, -0.1) is 0 Å². The number of hydrogen-bond acceptors (Lipinski definition) is 0. The highest BCUT2D eigenvalue weighted by Gasteiger charge is 2.39. The molecule has 0 heteroatoms. The van der Waals surface area contributed by atoms with Gasteiger partial charge in [0.1, 0.15) is 0 Å². The highest BCUT2D eigenvalue weighted by atomic mass is 14.4. The van der Waals surface area contributed by atoms with Crippen molar-refractivity contribution < 1.29 is 0 Å². The maximum absolute atomic E-state index is 2.50. The van der Waals surface area contributed by atoms with Crippen molar-refractivity contribution in [3.05, 3.63) is 226 Å². The summed E-state index contributed by atoms with van der Waals surface area (Å²) in [6, 6.07) is 70.6. The molecule has 71 heavy (non-hydrogen) atoms. The Morgan fingerprint density at radius 2 is 0.507 bits per heavy atom. The lowest BCUT2D eigenvalue weighted by Crippen LogP contribution is -2.17. The summed E-state index contributed by atoms with van der Waals surface area (Å²) in [5.74, 6) is 0. The van der Waals surface area contributed by atoms with E-state index in [0.717, 1.165) is 0 Å². The third-order valence-corrected chi connectivity index (χ3v) is 17.0. The number of fused-ring (bicyclic) bond motifs is 9. The SMILES string of the molecule is CC(C)(C)c1ccc2c(c1)C(C)(C)c1cc(-c3cc(-c4cc(-c5ccccc5)cc(-c5ccc6c(c5)C(C)(C)c5ccccc5-6)c4)cc(-c4ccc5c(c4)C(C)(C)c4cc(C(C)(C)C)ccc4-5)c3)ccc1-2. The first kappa shape index (κ1) is 45.1. The molecule has 0 unspecified atom stereocenters. The van der Waals surface area contributed by atoms with E-state index in [4.69, 9.17) is 0 Å². The van der Waals surface area contributed by atoms with Crippen LogP contribution in [0.3, 0.4) is 0 Å². The van der Waals surface area contributed by atoms with Gasteiger partial charge in [-0.2, -0.15) is 0 Å². The van der Waals surface area contributed by atoms with E-state index in [1.54, 1.807) is 0 Å². The van der Waals surface area contributed by atoms with Crippen LogP contribution in [0.1, 0.15) is 128 Å². The van der Waals surface area contributed by atoms with Crippen molar-refractivity contribution in [2.75, 3.05) is 0 Å². The van der Waals surface area contributed by atoms with Crippen molar-refractivity contribution in [2.45, 2.75) is 110 Å². The molecule has 0 radical (unpaired) electrons. The predicted molar refractivity (Wildman–Crippen MR) is 304 cm³/mol. The van der Waals surface area contributed by atoms with Gasteiger partial charge in [-0.3, -0.25) is 0 Å². The Morgan fingerprint density at radius 3 is 0.887 bits per heavy atom. The highest BCUT2D eigenvalue weighted by molar-refractivity contribution is 5.91. The van der Waals surface area contributed by atoms with Crippen LogP contribution in [0, 0.1) is 0 Å². The fourth-order valence-electron chi connectivity index (χ4n) is 12.5. The number of rotatable bonds is 5. The van der Waals surface area contributed by atoms with E-state index in [1.165, 1.54) is 134 Å². The molecule has 9 aromatic carbocycles. The Morgan fingerprint density at radius 1 is 0.225 bits per heavy atom. The van der Waals surface area contributed by atoms with Gasteiger partial charge in [0.2, 0.25) is 0 Å². The first-order valence-corrected chi connectivity index (χ1v) is 25.9. The average molecular weight is 919 g/mol. The molecule has 0 amide bonds. The van der Waals surface area contributed by atoms with Gasteiger partial charge in [-0.05, 0) is 199 Å². The first-order valence-electron chi connectivity index (χ1n) is 25.9. The smallest absolute Gasteiger partial charge is 0.0159 e. The molecule has 0 spiro atoms. The molecule has 0 nitrogen and oxygen atoms in total. The van der Waals surface area contributed by atoms with Crippen molar-refractivity contribution >= 4 is 0 Å². The summed E-state index contributed by atoms with van der Waals surface area (Å²) < 4.78 is 0. The van der Waals surface area contributed by atoms with Crippen LogP contribution in [-0.4, -0.2) is 0 Å². The summed E-state index contributed by atoms with van der Waals surface area (Å²) in [7, 11) is 0. The Labute approximate surface area is 423 Å². The van der Waals surface area contributed by atoms with Crippen molar-refractivity contribution in [1.29, 1.82) is 0 Å². The molecular formula is C71H66. The van der Waals surface area contributed by atoms with E-state index in [9.17, 15) is 0 Å². The van der Waals surface area contributed by atoms with Gasteiger partial charge in [0, 0.05) is 16.2 Å². The van der Waals surface area contributed by atoms with E-state index in [0.29, 0.717) is 0 Å². The molecule has 0 aromatic heterocycles. The Kier molecular flexibility index (Phi) is 9.85. The van der Waals surface area contributed by atoms with Gasteiger partial charge in [0.15, 0.2) is 0 Å². The molecule has 0 aliphatic heterocycles. The van der Waals surface area contributed by atoms with Crippen molar-refractivity contribution in [2.24, 2.45) is 0 Å². The van der Waals surface area contributed by atoms with E-state index in [1.807, 2.05) is 0 Å². The molecule has 0 bridgehead atoms. The predicted octanol–water partition coefficient (Wildman–Crippen LogP) is 19.5. The third kappa shape index (κ3) is 7.15. The van der Waals surface area contributed by atoms with Crippen LogP contribution in [0.15, 0.2) is 182 Å². The average Bonchev–Trinajstić information content (AvgIpc) is 3.84. The Bertz CT molecular complexity index is 3520. The zero-order valence-electron chi connectivity index (χ0n) is 43.8. The van der Waals surface area contributed by atoms with Gasteiger partial charge in [0.25, 0.3) is 0 Å². The molecule has 0 atom stereocenters. The van der Waals surface area contributed by atoms with E-state index >= 15 is 0 Å². The maximum atomic E-state index is 2.50. The number of hydrogen-bond donors (Lipinski definition) is 0. The normalized spacial score (nSPS) is 15.4. The molecule has 0 heterocycles. The molecule has 0 N–H and O–H groups in total. The molecule has 0 saturated heterocycles. The summed E-state index contributed by atoms with van der Waals surface area (Å²) in [5, 5.41) is 0. The molecule has 9 aromatic rings. The monoisotopic (exact) mass is 919 g/mol. The zero-order valence-corrected chi connectivity index (χ0v) is 43.8. The van der Waals surface area contributed by atoms with Crippen molar-refractivity contribution in [3.8, 4) is 89.0 Å². The van der Waals surface area contributed by atoms with Crippen LogP contribution < -0.4 is 0 Å². The molecule has 350 valence electrons. The Balaban J connectivity index is 1.05. The van der Waals surface area contributed by atoms with Crippen LogP contribution in [0.4, 0.5) is 0 Å². The fourth-order valence-corrected chi connectivity index (χ4v) is 12.5. The van der Waals surface area contributed by atoms with Gasteiger partial charge < -0.3 is 0 Å². The van der Waals surface area contributed by atoms with Gasteiger partial charge in [-0.1, -0.05) is 210 Å². The van der Waals surface area contributed by atoms with E-state index < -0.39 is 0 Å². The second kappa shape index (κ2) is 15.5. The second-order valence-corrected chi connectivity index (χ2v) is 24.7. The quantitative estimate of drug-likeness (QED) is 0.161. The lowest BCUT2D eigenvalue weighted by molar-refractivity contribution is 0.584. The molecule has 0 fully saturated rings. The summed E-state index contributed by atoms with van der Waals surface area (Å²) in [6.07, 6.45) is 0. The standard InChI is InChI=1S/C71H66/c1-67(2,3)53-25-30-59-57-28-23-45(39-63(57)70(9,10)65(59)41-53)49-34-50(46-24-29-58-60-31-26-54(68(4,5)6)42-66(60)71(11,12)64(58)40-46)37-52(36-49)51-33-47(43-18-14-13-15-19-43)32-48(35-51)44-22-27-56-55-20-16-17-21-61(55)69(7,8)62(56)38-44/h13-42H,1-12H3. The minimum atomic E-state index is -0.138. The summed E-state index contributed by atoms with van der Waals surface area (Å²) in [6.45, 7) is 28.3. The van der Waals surface area contributed by atoms with E-state index in [-0.39, 0.29) is 27.1 Å². The van der Waals surface area contributed by atoms with Crippen molar-refractivity contribution in [1.82, 2.24) is 0 Å². The number of benzene rings is 9. The minimum absolute atomic E-state index is 0.0769. The molecule has 3 aliphatic rings. The lowest BCUT2D eigenvalue weighted by Gasteiger charge is -2.25. The first-order chi connectivity index (χ1) is 33.7. The van der Waals surface area contributed by atoms with Crippen LogP contribution in [0.2, 0.25) is 0 Å². The summed E-state index contributed by atoms with van der Waals surface area (Å²) in [4.78, 5) is 0. The topological polar surface area (TPSA) is 0 Å².